The van der Waals surface area contributed by atoms with E-state index in [-0.39, 0.29) is 6.61 Å². The summed E-state index contributed by atoms with van der Waals surface area (Å²) < 4.78 is 22.4. The van der Waals surface area contributed by atoms with Crippen LogP contribution in [-0.4, -0.2) is 24.3 Å². The van der Waals surface area contributed by atoms with Gasteiger partial charge in [0, 0.05) is 16.1 Å². The molecule has 4 rings (SSSR count). The molecule has 0 atom stereocenters. The van der Waals surface area contributed by atoms with Crippen molar-refractivity contribution in [2.45, 2.75) is 6.61 Å². The van der Waals surface area contributed by atoms with Gasteiger partial charge < -0.3 is 18.7 Å². The standard InChI is InChI=1S/C19H14BrNO5/c20-15-4-2-1-3-14(15)19(22)25-11-13-10-17(26-21-13)12-5-6-16-18(9-12)24-8-7-23-16/h1-6,9-10H,7-8,11H2. The topological polar surface area (TPSA) is 70.8 Å². The fraction of sp³-hybridized carbons (Fsp3) is 0.158. The van der Waals surface area contributed by atoms with Crippen LogP contribution in [0.15, 0.2) is 57.5 Å². The van der Waals surface area contributed by atoms with Crippen LogP contribution in [-0.2, 0) is 11.3 Å². The van der Waals surface area contributed by atoms with Crippen molar-refractivity contribution in [2.75, 3.05) is 13.2 Å². The van der Waals surface area contributed by atoms with Gasteiger partial charge in [0.25, 0.3) is 0 Å². The van der Waals surface area contributed by atoms with E-state index in [2.05, 4.69) is 21.1 Å². The molecular formula is C19H14BrNO5. The summed E-state index contributed by atoms with van der Waals surface area (Å²) in [7, 11) is 0. The third-order valence-corrected chi connectivity index (χ3v) is 4.52. The van der Waals surface area contributed by atoms with E-state index >= 15 is 0 Å². The zero-order valence-corrected chi connectivity index (χ0v) is 15.2. The van der Waals surface area contributed by atoms with Crippen LogP contribution in [0.3, 0.4) is 0 Å². The van der Waals surface area contributed by atoms with Gasteiger partial charge in [0.05, 0.1) is 5.56 Å². The summed E-state index contributed by atoms with van der Waals surface area (Å²) in [5.74, 6) is 1.52. The smallest absolute Gasteiger partial charge is 0.339 e. The third-order valence-electron chi connectivity index (χ3n) is 3.83. The Bertz CT molecular complexity index is 953. The first-order chi connectivity index (χ1) is 12.7. The van der Waals surface area contributed by atoms with Crippen molar-refractivity contribution < 1.29 is 23.5 Å². The first-order valence-electron chi connectivity index (χ1n) is 7.98. The van der Waals surface area contributed by atoms with E-state index in [1.54, 1.807) is 24.3 Å². The van der Waals surface area contributed by atoms with E-state index in [9.17, 15) is 4.79 Å². The van der Waals surface area contributed by atoms with Crippen LogP contribution in [0.5, 0.6) is 11.5 Å². The molecule has 0 N–H and O–H groups in total. The van der Waals surface area contributed by atoms with Gasteiger partial charge in [0.1, 0.15) is 25.5 Å². The molecule has 132 valence electrons. The first kappa shape index (κ1) is 16.7. The van der Waals surface area contributed by atoms with E-state index in [1.165, 1.54) is 0 Å². The summed E-state index contributed by atoms with van der Waals surface area (Å²) in [6.07, 6.45) is 0. The SMILES string of the molecule is O=C(OCc1cc(-c2ccc3c(c2)OCCO3)on1)c1ccccc1Br. The number of esters is 1. The van der Waals surface area contributed by atoms with E-state index < -0.39 is 5.97 Å². The molecule has 1 aromatic heterocycles. The molecule has 7 heteroatoms. The van der Waals surface area contributed by atoms with E-state index in [0.717, 1.165) is 5.56 Å². The minimum atomic E-state index is -0.429. The minimum Gasteiger partial charge on any atom is -0.486 e. The lowest BCUT2D eigenvalue weighted by atomic mass is 10.1. The quantitative estimate of drug-likeness (QED) is 0.593. The summed E-state index contributed by atoms with van der Waals surface area (Å²) in [6.45, 7) is 1.08. The summed E-state index contributed by atoms with van der Waals surface area (Å²) in [5.41, 5.74) is 1.79. The van der Waals surface area contributed by atoms with Crippen LogP contribution in [0.4, 0.5) is 0 Å². The normalized spacial score (nSPS) is 12.7. The van der Waals surface area contributed by atoms with Gasteiger partial charge in [-0.2, -0.15) is 0 Å². The fourth-order valence-electron chi connectivity index (χ4n) is 2.56. The lowest BCUT2D eigenvalue weighted by Gasteiger charge is -2.18. The maximum atomic E-state index is 12.1. The van der Waals surface area contributed by atoms with Crippen LogP contribution in [0.25, 0.3) is 11.3 Å². The molecule has 1 aliphatic rings. The Morgan fingerprint density at radius 2 is 1.88 bits per heavy atom. The van der Waals surface area contributed by atoms with Crippen molar-refractivity contribution in [1.29, 1.82) is 0 Å². The second-order valence-electron chi connectivity index (χ2n) is 5.60. The molecule has 0 fully saturated rings. The number of benzene rings is 2. The van der Waals surface area contributed by atoms with Crippen molar-refractivity contribution in [2.24, 2.45) is 0 Å². The Labute approximate surface area is 157 Å². The van der Waals surface area contributed by atoms with Crippen LogP contribution < -0.4 is 9.47 Å². The number of nitrogens with zero attached hydrogens (tertiary/aromatic N) is 1. The zero-order chi connectivity index (χ0) is 17.9. The molecule has 0 saturated heterocycles. The molecule has 1 aliphatic heterocycles. The maximum Gasteiger partial charge on any atom is 0.339 e. The van der Waals surface area contributed by atoms with Crippen molar-refractivity contribution >= 4 is 21.9 Å². The van der Waals surface area contributed by atoms with Gasteiger partial charge in [-0.05, 0) is 46.3 Å². The van der Waals surface area contributed by atoms with Crippen molar-refractivity contribution in [1.82, 2.24) is 5.16 Å². The van der Waals surface area contributed by atoms with Crippen LogP contribution >= 0.6 is 15.9 Å². The van der Waals surface area contributed by atoms with Gasteiger partial charge in [-0.25, -0.2) is 4.79 Å². The Morgan fingerprint density at radius 1 is 1.08 bits per heavy atom. The van der Waals surface area contributed by atoms with Crippen molar-refractivity contribution in [3.63, 3.8) is 0 Å². The summed E-state index contributed by atoms with van der Waals surface area (Å²) in [6, 6.07) is 14.4. The largest absolute Gasteiger partial charge is 0.486 e. The molecule has 0 aliphatic carbocycles. The second-order valence-corrected chi connectivity index (χ2v) is 6.45. The lowest BCUT2D eigenvalue weighted by molar-refractivity contribution is 0.0463. The molecule has 26 heavy (non-hydrogen) atoms. The molecule has 0 radical (unpaired) electrons. The summed E-state index contributed by atoms with van der Waals surface area (Å²) in [4.78, 5) is 12.1. The fourth-order valence-corrected chi connectivity index (χ4v) is 3.00. The molecule has 2 heterocycles. The van der Waals surface area contributed by atoms with Gasteiger partial charge >= 0.3 is 5.97 Å². The summed E-state index contributed by atoms with van der Waals surface area (Å²) in [5, 5.41) is 3.96. The average molecular weight is 416 g/mol. The highest BCUT2D eigenvalue weighted by Crippen LogP contribution is 2.34. The van der Waals surface area contributed by atoms with Gasteiger partial charge in [-0.3, -0.25) is 0 Å². The molecular weight excluding hydrogens is 402 g/mol. The van der Waals surface area contributed by atoms with Crippen LogP contribution in [0.1, 0.15) is 16.1 Å². The molecule has 0 unspecified atom stereocenters. The van der Waals surface area contributed by atoms with Crippen molar-refractivity contribution in [3.8, 4) is 22.8 Å². The molecule has 0 spiro atoms. The van der Waals surface area contributed by atoms with Gasteiger partial charge in [0.2, 0.25) is 0 Å². The summed E-state index contributed by atoms with van der Waals surface area (Å²) >= 11 is 3.33. The highest BCUT2D eigenvalue weighted by molar-refractivity contribution is 9.10. The number of aromatic nitrogens is 1. The molecule has 2 aromatic carbocycles. The molecule has 3 aromatic rings. The molecule has 0 bridgehead atoms. The highest BCUT2D eigenvalue weighted by atomic mass is 79.9. The predicted molar refractivity (Wildman–Crippen MR) is 96.2 cm³/mol. The zero-order valence-electron chi connectivity index (χ0n) is 13.6. The number of rotatable bonds is 4. The van der Waals surface area contributed by atoms with Crippen molar-refractivity contribution in [3.05, 3.63) is 64.3 Å². The monoisotopic (exact) mass is 415 g/mol. The number of carbonyl (C=O) groups excluding carboxylic acids is 1. The number of hydrogen-bond acceptors (Lipinski definition) is 6. The van der Waals surface area contributed by atoms with Gasteiger partial charge in [-0.1, -0.05) is 17.3 Å². The minimum absolute atomic E-state index is 0.0220. The number of carbonyl (C=O) groups is 1. The second kappa shape index (κ2) is 7.21. The predicted octanol–water partition coefficient (Wildman–Crippen LogP) is 4.23. The molecule has 0 amide bonds. The Balaban J connectivity index is 1.45. The van der Waals surface area contributed by atoms with E-state index in [1.807, 2.05) is 24.3 Å². The van der Waals surface area contributed by atoms with Crippen LogP contribution in [0, 0.1) is 0 Å². The number of fused-ring (bicyclic) bond motifs is 1. The first-order valence-corrected chi connectivity index (χ1v) is 8.77. The third kappa shape index (κ3) is 3.43. The lowest BCUT2D eigenvalue weighted by Crippen LogP contribution is -2.15. The van der Waals surface area contributed by atoms with Crippen LogP contribution in [0.2, 0.25) is 0 Å². The number of halogens is 1. The Hall–Kier alpha value is -2.80. The average Bonchev–Trinajstić information content (AvgIpc) is 3.15. The molecule has 0 saturated carbocycles. The maximum absolute atomic E-state index is 12.1. The Morgan fingerprint density at radius 3 is 2.73 bits per heavy atom. The van der Waals surface area contributed by atoms with Gasteiger partial charge in [-0.15, -0.1) is 0 Å². The number of ether oxygens (including phenoxy) is 3. The number of hydrogen-bond donors (Lipinski definition) is 0. The van der Waals surface area contributed by atoms with E-state index in [0.29, 0.717) is 46.2 Å². The highest BCUT2D eigenvalue weighted by Gasteiger charge is 2.16. The molecule has 6 nitrogen and oxygen atoms in total. The Kier molecular flexibility index (Phi) is 4.62. The van der Waals surface area contributed by atoms with E-state index in [4.69, 9.17) is 18.7 Å². The van der Waals surface area contributed by atoms with Gasteiger partial charge in [0.15, 0.2) is 17.3 Å².